The van der Waals surface area contributed by atoms with Crippen molar-refractivity contribution in [3.63, 3.8) is 0 Å². The van der Waals surface area contributed by atoms with E-state index in [0.29, 0.717) is 33.4 Å². The van der Waals surface area contributed by atoms with E-state index in [9.17, 15) is 0 Å². The van der Waals surface area contributed by atoms with Gasteiger partial charge in [-0.05, 0) is 234 Å². The zero-order valence-electron chi connectivity index (χ0n) is 69.8. The maximum atomic E-state index is 7.59. The number of aryl methyl sites for hydroxylation is 23. The third kappa shape index (κ3) is 16.8. The molecule has 0 spiro atoms. The van der Waals surface area contributed by atoms with Crippen LogP contribution in [0.2, 0.25) is 0 Å². The number of rotatable bonds is 5. The van der Waals surface area contributed by atoms with E-state index in [2.05, 4.69) is 139 Å². The molecule has 10 rings (SSSR count). The van der Waals surface area contributed by atoms with Crippen molar-refractivity contribution in [1.82, 2.24) is 0 Å². The Balaban J connectivity index is 0.000000200. The van der Waals surface area contributed by atoms with E-state index in [1.807, 2.05) is 32.9 Å². The number of benzene rings is 5. The Bertz CT molecular complexity index is 4460. The summed E-state index contributed by atoms with van der Waals surface area (Å²) in [5.41, 5.74) is 25.4. The summed E-state index contributed by atoms with van der Waals surface area (Å²) in [7, 11) is 9.56. The Morgan fingerprint density at radius 1 is 0.217 bits per heavy atom. The van der Waals surface area contributed by atoms with E-state index in [1.165, 1.54) is 61.5 Å². The summed E-state index contributed by atoms with van der Waals surface area (Å²) in [6, 6.07) is 42.0. The lowest BCUT2D eigenvalue weighted by Gasteiger charge is -2.08. The van der Waals surface area contributed by atoms with Gasteiger partial charge in [0.15, 0.2) is 31.0 Å². The quantitative estimate of drug-likeness (QED) is 0.153. The second-order valence-electron chi connectivity index (χ2n) is 22.2. The molecule has 0 radical (unpaired) electrons. The van der Waals surface area contributed by atoms with Crippen molar-refractivity contribution >= 4 is 0 Å². The molecule has 5 heteroatoms. The minimum Gasteiger partial charge on any atom is -0.201 e. The molecule has 0 aliphatic rings. The molecule has 0 saturated heterocycles. The Morgan fingerprint density at radius 2 is 0.554 bits per heavy atom. The van der Waals surface area contributed by atoms with Gasteiger partial charge in [0, 0.05) is 111 Å². The lowest BCUT2D eigenvalue weighted by atomic mass is 9.98. The van der Waals surface area contributed by atoms with Crippen molar-refractivity contribution in [3.05, 3.63) is 265 Å². The first kappa shape index (κ1) is 42.6. The summed E-state index contributed by atoms with van der Waals surface area (Å²) in [6.45, 7) is 11.4. The molecular weight excluding hydrogens is 1010 g/mol. The van der Waals surface area contributed by atoms with E-state index < -0.39 is 41.1 Å². The predicted molar refractivity (Wildman–Crippen MR) is 351 cm³/mol. The number of nitrogens with zero attached hydrogens (tertiary/aromatic N) is 5. The highest BCUT2D eigenvalue weighted by molar-refractivity contribution is 5.66. The summed E-state index contributed by atoms with van der Waals surface area (Å²) < 4.78 is 145. The van der Waals surface area contributed by atoms with Crippen molar-refractivity contribution in [1.29, 1.82) is 0 Å². The van der Waals surface area contributed by atoms with Gasteiger partial charge in [-0.1, -0.05) is 65.2 Å². The highest BCUT2D eigenvalue weighted by Crippen LogP contribution is 2.28. The van der Waals surface area contributed by atoms with Gasteiger partial charge in [-0.3, -0.25) is 0 Å². The lowest BCUT2D eigenvalue weighted by molar-refractivity contribution is -0.660. The smallest absolute Gasteiger partial charge is 0.201 e. The molecular formula is C78H96N5+5. The van der Waals surface area contributed by atoms with Gasteiger partial charge < -0.3 is 0 Å². The minimum atomic E-state index is -2.15. The van der Waals surface area contributed by atoms with E-state index in [-0.39, 0.29) is 11.1 Å². The highest BCUT2D eigenvalue weighted by atomic mass is 14.9. The summed E-state index contributed by atoms with van der Waals surface area (Å²) in [5, 5.41) is 0. The molecule has 83 heavy (non-hydrogen) atoms. The van der Waals surface area contributed by atoms with Crippen molar-refractivity contribution in [3.8, 4) is 56.3 Å². The van der Waals surface area contributed by atoms with Gasteiger partial charge in [-0.2, -0.15) is 0 Å². The van der Waals surface area contributed by atoms with Crippen LogP contribution >= 0.6 is 0 Å². The molecule has 0 bridgehead atoms. The van der Waals surface area contributed by atoms with Crippen LogP contribution in [0.1, 0.15) is 125 Å². The summed E-state index contributed by atoms with van der Waals surface area (Å²) >= 11 is 0. The van der Waals surface area contributed by atoms with Crippen LogP contribution in [0.4, 0.5) is 0 Å². The van der Waals surface area contributed by atoms with Crippen LogP contribution in [0.3, 0.4) is 0 Å². The fourth-order valence-corrected chi connectivity index (χ4v) is 10.1. The van der Waals surface area contributed by atoms with Crippen molar-refractivity contribution in [2.24, 2.45) is 35.2 Å². The summed E-state index contributed by atoms with van der Waals surface area (Å²) in [4.78, 5) is 0. The second-order valence-corrected chi connectivity index (χ2v) is 22.2. The Kier molecular flexibility index (Phi) is 14.5. The second kappa shape index (κ2) is 28.2. The van der Waals surface area contributed by atoms with Gasteiger partial charge in [0.05, 0.1) is 0 Å². The van der Waals surface area contributed by atoms with Crippen molar-refractivity contribution in [2.45, 2.75) is 124 Å². The molecule has 0 N–H and O–H groups in total. The van der Waals surface area contributed by atoms with Gasteiger partial charge in [0.2, 0.25) is 28.5 Å². The number of aromatic nitrogens is 5. The van der Waals surface area contributed by atoms with Crippen LogP contribution < -0.4 is 22.8 Å². The predicted octanol–water partition coefficient (Wildman–Crippen LogP) is 16.4. The molecule has 0 aliphatic carbocycles. The van der Waals surface area contributed by atoms with Crippen LogP contribution in [0, 0.1) is 124 Å². The Labute approximate surface area is 526 Å². The fourth-order valence-electron chi connectivity index (χ4n) is 10.1. The van der Waals surface area contributed by atoms with Crippen molar-refractivity contribution < 1.29 is 47.5 Å². The van der Waals surface area contributed by atoms with Crippen LogP contribution in [-0.2, 0) is 35.2 Å². The zero-order chi connectivity index (χ0) is 76.1. The molecule has 0 saturated carbocycles. The standard InChI is InChI=1S/3C16H20N.2C15H18N/c2*1-11-6-7-16(17(5)10-11)15-9-13(3)12(2)8-14(15)4;1-11-6-7-15(13(3)8-11)16-9-12(2)14(4)10-17(16)5;1-11-5-7-14(13(3)9-11)15-8-6-12(2)10-16(15)4;1-11-5-6-14(13(3)9-11)15-10-12(2)7-8-16(15)4/h3*6-10H,1-5H3;2*5-10H,1-4H3/q5*+1/i1D3,2D3;;1D3,4D3;1D3,2D3;. The van der Waals surface area contributed by atoms with Gasteiger partial charge >= 0.3 is 0 Å². The SMILES string of the molecule is Cc1ccc(-c2cc(C)c(C)cc2C)[n+](C)c1.Cc1ccc(-c2cc(C)cc[n+]2C)c(C)c1.[2H]C([2H])([2H])c1ccc(-c2cc(C)c(C([2H])([2H])[2H])c[n+]2C)c(C)c1.[2H]C([2H])([2H])c1ccc(-c2cc(C)c(C([2H])([2H])[2H])cc2C)[n+](C)c1.[2H]C([2H])([2H])c1ccc(-c2ccc(C([2H])([2H])[2H])c[n+]2C)c(C)c1. The maximum Gasteiger partial charge on any atom is 0.212 e. The normalized spacial score (nSPS) is 14.7. The van der Waals surface area contributed by atoms with Gasteiger partial charge in [-0.15, -0.1) is 0 Å². The topological polar surface area (TPSA) is 19.4 Å². The molecule has 5 aromatic carbocycles. The number of pyridine rings is 5. The summed E-state index contributed by atoms with van der Waals surface area (Å²) in [6.07, 6.45) is 9.08. The molecule has 5 aromatic heterocycles. The molecule has 0 amide bonds. The molecule has 0 aliphatic heterocycles. The first-order chi connectivity index (χ1) is 46.4. The first-order valence-corrected chi connectivity index (χ1v) is 27.8. The third-order valence-electron chi connectivity index (χ3n) is 15.0. The molecule has 0 unspecified atom stereocenters. The van der Waals surface area contributed by atoms with Crippen molar-refractivity contribution in [2.75, 3.05) is 0 Å². The first-order valence-electron chi connectivity index (χ1n) is 36.8. The Hall–Kier alpha value is -8.15. The molecule has 5 nitrogen and oxygen atoms in total. The average molecular weight is 1120 g/mol. The van der Waals surface area contributed by atoms with Gasteiger partial charge in [0.1, 0.15) is 35.2 Å². The van der Waals surface area contributed by atoms with E-state index in [0.717, 1.165) is 50.5 Å². The van der Waals surface area contributed by atoms with Crippen LogP contribution in [0.5, 0.6) is 0 Å². The zero-order valence-corrected chi connectivity index (χ0v) is 51.8. The van der Waals surface area contributed by atoms with E-state index in [4.69, 9.17) is 24.7 Å². The number of hydrogen-bond acceptors (Lipinski definition) is 0. The van der Waals surface area contributed by atoms with E-state index in [1.54, 1.807) is 134 Å². The molecule has 5 heterocycles. The monoisotopic (exact) mass is 1120 g/mol. The minimum absolute atomic E-state index is 0.274. The highest BCUT2D eigenvalue weighted by Gasteiger charge is 2.18. The number of hydrogen-bond donors (Lipinski definition) is 0. The van der Waals surface area contributed by atoms with Gasteiger partial charge in [0.25, 0.3) is 0 Å². The largest absolute Gasteiger partial charge is 0.212 e. The summed E-state index contributed by atoms with van der Waals surface area (Å²) in [5.74, 6) is 0. The lowest BCUT2D eigenvalue weighted by Crippen LogP contribution is -2.31. The molecule has 10 aromatic rings. The molecule has 0 atom stereocenters. The van der Waals surface area contributed by atoms with Crippen LogP contribution in [0.25, 0.3) is 56.3 Å². The molecule has 428 valence electrons. The maximum absolute atomic E-state index is 7.59. The van der Waals surface area contributed by atoms with Crippen LogP contribution in [-0.4, -0.2) is 0 Å². The third-order valence-corrected chi connectivity index (χ3v) is 15.0. The fraction of sp³-hybridized carbons (Fsp3) is 0.295. The van der Waals surface area contributed by atoms with Gasteiger partial charge in [-0.25, -0.2) is 22.8 Å². The Morgan fingerprint density at radius 3 is 1.02 bits per heavy atom. The average Bonchev–Trinajstić information content (AvgIpc) is 0.772. The van der Waals surface area contributed by atoms with E-state index >= 15 is 0 Å². The molecule has 0 fully saturated rings. The van der Waals surface area contributed by atoms with Crippen LogP contribution in [0.15, 0.2) is 164 Å².